The van der Waals surface area contributed by atoms with Crippen molar-refractivity contribution in [3.8, 4) is 17.2 Å². The smallest absolute Gasteiger partial charge is 0.343 e. The molecule has 0 radical (unpaired) electrons. The summed E-state index contributed by atoms with van der Waals surface area (Å²) < 4.78 is 16.7. The fourth-order valence-electron chi connectivity index (χ4n) is 3.35. The van der Waals surface area contributed by atoms with Crippen LogP contribution >= 0.6 is 22.9 Å². The van der Waals surface area contributed by atoms with E-state index in [0.717, 1.165) is 10.1 Å². The largest absolute Gasteiger partial charge is 0.497 e. The Balaban J connectivity index is 1.31. The average molecular weight is 552 g/mol. The fraction of sp³-hybridized carbons (Fsp3) is 0.111. The number of thiophene rings is 1. The number of nitrogens with zero attached hydrogens (tertiary/aromatic N) is 1. The number of ether oxygens (including phenoxy) is 3. The van der Waals surface area contributed by atoms with Crippen molar-refractivity contribution in [3.05, 3.63) is 87.8 Å². The molecule has 3 aromatic carbocycles. The van der Waals surface area contributed by atoms with Gasteiger partial charge in [-0.25, -0.2) is 10.2 Å². The highest BCUT2D eigenvalue weighted by molar-refractivity contribution is 7.21. The summed E-state index contributed by atoms with van der Waals surface area (Å²) in [7, 11) is 2.98. The Labute approximate surface area is 227 Å². The van der Waals surface area contributed by atoms with Crippen LogP contribution in [0.2, 0.25) is 5.02 Å². The summed E-state index contributed by atoms with van der Waals surface area (Å²) in [6.07, 6.45) is 1.39. The van der Waals surface area contributed by atoms with Crippen molar-refractivity contribution in [2.75, 3.05) is 20.8 Å². The molecule has 0 aliphatic heterocycles. The third-order valence-corrected chi connectivity index (χ3v) is 6.94. The number of methoxy groups -OCH3 is 2. The Morgan fingerprint density at radius 1 is 0.974 bits per heavy atom. The minimum absolute atomic E-state index is 0.220. The van der Waals surface area contributed by atoms with Crippen molar-refractivity contribution >= 4 is 57.0 Å². The summed E-state index contributed by atoms with van der Waals surface area (Å²) >= 11 is 7.56. The summed E-state index contributed by atoms with van der Waals surface area (Å²) in [6, 6.07) is 18.7. The van der Waals surface area contributed by atoms with Crippen LogP contribution in [0.25, 0.3) is 10.1 Å². The second-order valence-electron chi connectivity index (χ2n) is 7.75. The van der Waals surface area contributed by atoms with E-state index in [-0.39, 0.29) is 12.3 Å². The zero-order valence-corrected chi connectivity index (χ0v) is 21.9. The Morgan fingerprint density at radius 3 is 2.45 bits per heavy atom. The van der Waals surface area contributed by atoms with Crippen molar-refractivity contribution in [1.82, 2.24) is 10.7 Å². The molecule has 4 aromatic rings. The molecule has 0 aliphatic carbocycles. The van der Waals surface area contributed by atoms with Gasteiger partial charge in [-0.3, -0.25) is 9.59 Å². The van der Waals surface area contributed by atoms with Crippen LogP contribution in [-0.2, 0) is 4.79 Å². The molecule has 0 saturated carbocycles. The van der Waals surface area contributed by atoms with Gasteiger partial charge in [0.2, 0.25) is 0 Å². The first-order valence-electron chi connectivity index (χ1n) is 11.2. The number of hydrazone groups is 1. The van der Waals surface area contributed by atoms with Crippen LogP contribution < -0.4 is 25.0 Å². The predicted octanol–water partition coefficient (Wildman–Crippen LogP) is 4.67. The van der Waals surface area contributed by atoms with Gasteiger partial charge in [0.1, 0.15) is 10.6 Å². The molecule has 1 heterocycles. The lowest BCUT2D eigenvalue weighted by Gasteiger charge is -2.10. The van der Waals surface area contributed by atoms with Gasteiger partial charge in [-0.2, -0.15) is 5.10 Å². The molecule has 9 nitrogen and oxygen atoms in total. The number of esters is 1. The van der Waals surface area contributed by atoms with E-state index in [4.69, 9.17) is 25.8 Å². The van der Waals surface area contributed by atoms with Gasteiger partial charge in [-0.15, -0.1) is 11.3 Å². The number of hydrogen-bond acceptors (Lipinski definition) is 8. The molecule has 0 aliphatic rings. The number of halogens is 1. The molecule has 0 fully saturated rings. The molecule has 2 amide bonds. The molecule has 38 heavy (non-hydrogen) atoms. The van der Waals surface area contributed by atoms with Crippen LogP contribution in [0, 0.1) is 0 Å². The van der Waals surface area contributed by atoms with Gasteiger partial charge in [-0.05, 0) is 54.1 Å². The summed E-state index contributed by atoms with van der Waals surface area (Å²) in [5.41, 5.74) is 3.27. The Bertz CT molecular complexity index is 1520. The van der Waals surface area contributed by atoms with E-state index in [1.165, 1.54) is 31.8 Å². The van der Waals surface area contributed by atoms with Crippen LogP contribution in [0.1, 0.15) is 25.6 Å². The standard InChI is InChI=1S/C27H22ClN3O6S/c1-35-18-10-8-17(9-11-18)27(34)37-20-12-7-16(13-21(20)36-2)14-30-31-23(32)15-29-26(33)25-24(28)19-5-3-4-6-22(19)38-25/h3-14H,15H2,1-2H3,(H,29,33)(H,31,32). The maximum Gasteiger partial charge on any atom is 0.343 e. The van der Waals surface area contributed by atoms with Crippen LogP contribution in [0.3, 0.4) is 0 Å². The summed E-state index contributed by atoms with van der Waals surface area (Å²) in [6.45, 7) is -0.287. The number of nitrogens with one attached hydrogen (secondary N) is 2. The van der Waals surface area contributed by atoms with E-state index in [0.29, 0.717) is 32.5 Å². The first-order chi connectivity index (χ1) is 18.4. The highest BCUT2D eigenvalue weighted by Crippen LogP contribution is 2.35. The molecule has 0 atom stereocenters. The maximum atomic E-state index is 12.5. The van der Waals surface area contributed by atoms with Gasteiger partial charge in [0.25, 0.3) is 11.8 Å². The minimum atomic E-state index is -0.557. The summed E-state index contributed by atoms with van der Waals surface area (Å²) in [4.78, 5) is 37.4. The number of carbonyl (C=O) groups excluding carboxylic acids is 3. The quantitative estimate of drug-likeness (QED) is 0.135. The molecular formula is C27H22ClN3O6S. The zero-order valence-electron chi connectivity index (χ0n) is 20.3. The van der Waals surface area contributed by atoms with Crippen LogP contribution in [0.15, 0.2) is 71.8 Å². The topological polar surface area (TPSA) is 115 Å². The molecule has 1 aromatic heterocycles. The lowest BCUT2D eigenvalue weighted by atomic mass is 10.2. The van der Waals surface area contributed by atoms with Crippen LogP contribution in [0.5, 0.6) is 17.2 Å². The minimum Gasteiger partial charge on any atom is -0.497 e. The Morgan fingerprint density at radius 2 is 1.74 bits per heavy atom. The first kappa shape index (κ1) is 26.6. The average Bonchev–Trinajstić information content (AvgIpc) is 3.28. The number of fused-ring (bicyclic) bond motifs is 1. The Kier molecular flexibility index (Phi) is 8.57. The number of carbonyl (C=O) groups is 3. The van der Waals surface area contributed by atoms with Crippen LogP contribution in [-0.4, -0.2) is 44.8 Å². The fourth-order valence-corrected chi connectivity index (χ4v) is 4.79. The number of hydrogen-bond donors (Lipinski definition) is 2. The number of benzene rings is 3. The third kappa shape index (κ3) is 6.28. The van der Waals surface area contributed by atoms with Crippen molar-refractivity contribution in [2.45, 2.75) is 0 Å². The lowest BCUT2D eigenvalue weighted by molar-refractivity contribution is -0.120. The van der Waals surface area contributed by atoms with Crippen molar-refractivity contribution < 1.29 is 28.6 Å². The maximum absolute atomic E-state index is 12.5. The Hall–Kier alpha value is -4.41. The van der Waals surface area contributed by atoms with E-state index in [2.05, 4.69) is 15.8 Å². The van der Waals surface area contributed by atoms with Gasteiger partial charge in [0.05, 0.1) is 37.6 Å². The van der Waals surface area contributed by atoms with E-state index >= 15 is 0 Å². The van der Waals surface area contributed by atoms with E-state index in [1.54, 1.807) is 42.5 Å². The van der Waals surface area contributed by atoms with Gasteiger partial charge in [-0.1, -0.05) is 29.8 Å². The van der Waals surface area contributed by atoms with Gasteiger partial charge < -0.3 is 19.5 Å². The monoisotopic (exact) mass is 551 g/mol. The zero-order chi connectivity index (χ0) is 27.1. The van der Waals surface area contributed by atoms with Gasteiger partial charge >= 0.3 is 5.97 Å². The molecular weight excluding hydrogens is 530 g/mol. The first-order valence-corrected chi connectivity index (χ1v) is 12.4. The molecule has 4 rings (SSSR count). The molecule has 2 N–H and O–H groups in total. The molecule has 0 spiro atoms. The molecule has 0 saturated heterocycles. The highest BCUT2D eigenvalue weighted by atomic mass is 35.5. The lowest BCUT2D eigenvalue weighted by Crippen LogP contribution is -2.34. The molecule has 194 valence electrons. The third-order valence-electron chi connectivity index (χ3n) is 5.27. The van der Waals surface area contributed by atoms with Crippen LogP contribution in [0.4, 0.5) is 0 Å². The van der Waals surface area contributed by atoms with Gasteiger partial charge in [0, 0.05) is 10.1 Å². The van der Waals surface area contributed by atoms with E-state index in [1.807, 2.05) is 24.3 Å². The normalized spacial score (nSPS) is 10.8. The second kappa shape index (κ2) is 12.2. The molecule has 0 unspecified atom stereocenters. The predicted molar refractivity (Wildman–Crippen MR) is 146 cm³/mol. The van der Waals surface area contributed by atoms with Gasteiger partial charge in [0.15, 0.2) is 11.5 Å². The number of amides is 2. The van der Waals surface area contributed by atoms with E-state index in [9.17, 15) is 14.4 Å². The summed E-state index contributed by atoms with van der Waals surface area (Å²) in [5, 5.41) is 7.58. The van der Waals surface area contributed by atoms with Crippen molar-refractivity contribution in [3.63, 3.8) is 0 Å². The van der Waals surface area contributed by atoms with Crippen molar-refractivity contribution in [2.24, 2.45) is 5.10 Å². The van der Waals surface area contributed by atoms with Crippen molar-refractivity contribution in [1.29, 1.82) is 0 Å². The van der Waals surface area contributed by atoms with E-state index < -0.39 is 17.8 Å². The molecule has 0 bridgehead atoms. The molecule has 11 heteroatoms. The summed E-state index contributed by atoms with van der Waals surface area (Å²) in [5.74, 6) is -0.383. The highest BCUT2D eigenvalue weighted by Gasteiger charge is 2.17. The SMILES string of the molecule is COc1ccc(C(=O)Oc2ccc(C=NNC(=O)CNC(=O)c3sc4ccccc4c3Cl)cc2OC)cc1. The number of rotatable bonds is 9. The second-order valence-corrected chi connectivity index (χ2v) is 9.18.